The Hall–Kier alpha value is 2.75. The third-order valence-corrected chi connectivity index (χ3v) is 16.0. The second kappa shape index (κ2) is 10.3. The fourth-order valence-corrected chi connectivity index (χ4v) is 15.4. The van der Waals surface area contributed by atoms with Gasteiger partial charge in [-0.15, -0.1) is 0 Å². The molecule has 2 unspecified atom stereocenters. The Labute approximate surface area is 110 Å². The van der Waals surface area contributed by atoms with E-state index in [4.69, 9.17) is 9.47 Å². The Balaban J connectivity index is 3.84. The van der Waals surface area contributed by atoms with Crippen molar-refractivity contribution in [3.63, 3.8) is 0 Å². The van der Waals surface area contributed by atoms with Crippen molar-refractivity contribution < 1.29 is 53.8 Å². The summed E-state index contributed by atoms with van der Waals surface area (Å²) in [6.45, 7) is 0. The summed E-state index contributed by atoms with van der Waals surface area (Å²) in [5.74, 6) is 0. The summed E-state index contributed by atoms with van der Waals surface area (Å²) in [5.41, 5.74) is 0. The monoisotopic (exact) mass is 678 g/mol. The maximum absolute atomic E-state index is 5.41. The summed E-state index contributed by atoms with van der Waals surface area (Å²) >= 11 is 5.78. The third-order valence-electron chi connectivity index (χ3n) is 1.81. The van der Waals surface area contributed by atoms with Crippen LogP contribution in [0.3, 0.4) is 0 Å². The van der Waals surface area contributed by atoms with Crippen LogP contribution in [0.2, 0.25) is 7.86 Å². The molecule has 0 amide bonds. The van der Waals surface area contributed by atoms with Crippen molar-refractivity contribution in [2.45, 2.75) is 20.1 Å². The zero-order valence-corrected chi connectivity index (χ0v) is 21.7. The molecule has 0 saturated heterocycles. The number of hydrogen-bond acceptors (Lipinski definition) is 2. The van der Waals surface area contributed by atoms with E-state index >= 15 is 0 Å². The van der Waals surface area contributed by atoms with Gasteiger partial charge in [-0.2, -0.15) is 0 Å². The van der Waals surface area contributed by atoms with Crippen LogP contribution in [0.4, 0.5) is 0 Å². The predicted molar refractivity (Wildman–Crippen MR) is 49.1 cm³/mol. The van der Waals surface area contributed by atoms with Gasteiger partial charge in [0, 0.05) is 0 Å². The van der Waals surface area contributed by atoms with E-state index < -0.39 is 44.3 Å². The van der Waals surface area contributed by atoms with Crippen LogP contribution in [0.5, 0.6) is 0 Å². The number of halogens is 2. The molecule has 0 fully saturated rings. The molecule has 0 aromatic carbocycles. The minimum absolute atomic E-state index is 0.355. The zero-order valence-electron chi connectivity index (χ0n) is 7.56. The van der Waals surface area contributed by atoms with Crippen LogP contribution >= 0.6 is 23.8 Å². The Kier molecular flexibility index (Phi) is 12.6. The molecular formula is C6H12Br2Hg2O2. The fraction of sp³-hybridized carbons (Fsp3) is 1.00. The number of ether oxygens (including phenoxy) is 2. The van der Waals surface area contributed by atoms with E-state index in [-0.39, 0.29) is 0 Å². The molecule has 66 valence electrons. The first-order chi connectivity index (χ1) is 5.79. The molecule has 12 heavy (non-hydrogen) atoms. The number of hydrogen-bond donors (Lipinski definition) is 0. The van der Waals surface area contributed by atoms with Gasteiger partial charge in [0.25, 0.3) is 0 Å². The molecule has 0 spiro atoms. The molecule has 0 bridgehead atoms. The van der Waals surface area contributed by atoms with E-state index in [2.05, 4.69) is 23.8 Å². The molecule has 2 nitrogen and oxygen atoms in total. The van der Waals surface area contributed by atoms with Crippen LogP contribution in [0.1, 0.15) is 0 Å². The van der Waals surface area contributed by atoms with Gasteiger partial charge in [-0.05, 0) is 0 Å². The van der Waals surface area contributed by atoms with E-state index in [0.717, 1.165) is 0 Å². The number of methoxy groups -OCH3 is 2. The van der Waals surface area contributed by atoms with Crippen LogP contribution in [0, 0.1) is 0 Å². The Morgan fingerprint density at radius 1 is 1.00 bits per heavy atom. The maximum atomic E-state index is 5.41. The van der Waals surface area contributed by atoms with Crippen molar-refractivity contribution >= 4 is 23.8 Å². The van der Waals surface area contributed by atoms with Gasteiger partial charge < -0.3 is 0 Å². The molecule has 0 N–H and O–H groups in total. The fourth-order valence-electron chi connectivity index (χ4n) is 1.13. The van der Waals surface area contributed by atoms with Crippen LogP contribution in [0.25, 0.3) is 0 Å². The normalized spacial score (nSPS) is 14.7. The molecule has 0 aliphatic carbocycles. The topological polar surface area (TPSA) is 18.5 Å². The van der Waals surface area contributed by atoms with Gasteiger partial charge in [-0.25, -0.2) is 0 Å². The molecule has 0 aromatic heterocycles. The van der Waals surface area contributed by atoms with Gasteiger partial charge in [0.15, 0.2) is 0 Å². The Bertz CT molecular complexity index is 95.5. The Morgan fingerprint density at radius 2 is 1.33 bits per heavy atom. The van der Waals surface area contributed by atoms with E-state index in [9.17, 15) is 0 Å². The first kappa shape index (κ1) is 14.8. The number of rotatable bonds is 7. The van der Waals surface area contributed by atoms with Crippen LogP contribution in [-0.4, -0.2) is 26.4 Å². The van der Waals surface area contributed by atoms with Gasteiger partial charge in [0.2, 0.25) is 0 Å². The molecule has 0 aliphatic heterocycles. The summed E-state index contributed by atoms with van der Waals surface area (Å²) in [6, 6.07) is 0. The van der Waals surface area contributed by atoms with E-state index in [1.54, 1.807) is 14.2 Å². The first-order valence-corrected chi connectivity index (χ1v) is 35.6. The second-order valence-electron chi connectivity index (χ2n) is 2.50. The van der Waals surface area contributed by atoms with Gasteiger partial charge in [0.05, 0.1) is 0 Å². The van der Waals surface area contributed by atoms with Gasteiger partial charge >= 0.3 is 112 Å². The van der Waals surface area contributed by atoms with E-state index in [1.807, 2.05) is 0 Å². The van der Waals surface area contributed by atoms with Gasteiger partial charge in [-0.1, -0.05) is 0 Å². The van der Waals surface area contributed by atoms with Crippen LogP contribution in [0.15, 0.2) is 0 Å². The molecule has 0 aliphatic rings. The zero-order chi connectivity index (χ0) is 9.40. The van der Waals surface area contributed by atoms with Gasteiger partial charge in [0.1, 0.15) is 0 Å². The van der Waals surface area contributed by atoms with Crippen molar-refractivity contribution in [3.8, 4) is 0 Å². The summed E-state index contributed by atoms with van der Waals surface area (Å²) in [5, 5.41) is 0. The van der Waals surface area contributed by atoms with E-state index in [0.29, 0.717) is 12.2 Å². The second-order valence-corrected chi connectivity index (χ2v) is 23.8. The van der Waals surface area contributed by atoms with Crippen LogP contribution in [-0.2, 0) is 53.8 Å². The van der Waals surface area contributed by atoms with Crippen LogP contribution < -0.4 is 0 Å². The predicted octanol–water partition coefficient (Wildman–Crippen LogP) is 2.64. The standard InChI is InChI=1S/C6H12O2.2BrH.2Hg/c1-5(7-3)6(2)8-4;;;;/h5-6H,1-2H2,3-4H3;2*1H;;/q;;;2*+1/p-2. The molecule has 2 atom stereocenters. The summed E-state index contributed by atoms with van der Waals surface area (Å²) in [7, 11) is 3.58. The molecule has 0 aromatic rings. The van der Waals surface area contributed by atoms with Crippen molar-refractivity contribution in [1.29, 1.82) is 0 Å². The van der Waals surface area contributed by atoms with E-state index in [1.165, 1.54) is 7.86 Å². The molecule has 0 saturated carbocycles. The van der Waals surface area contributed by atoms with Crippen molar-refractivity contribution in [1.82, 2.24) is 0 Å². The molecular weight excluding hydrogens is 665 g/mol. The van der Waals surface area contributed by atoms with Gasteiger partial charge in [-0.3, -0.25) is 0 Å². The molecule has 0 rings (SSSR count). The molecule has 6 heteroatoms. The first-order valence-electron chi connectivity index (χ1n) is 3.97. The average molecular weight is 677 g/mol. The summed E-state index contributed by atoms with van der Waals surface area (Å²) in [6.07, 6.45) is 0.710. The Morgan fingerprint density at radius 3 is 1.50 bits per heavy atom. The van der Waals surface area contributed by atoms with Crippen molar-refractivity contribution in [2.24, 2.45) is 0 Å². The molecule has 0 radical (unpaired) electrons. The average Bonchev–Trinajstić information content (AvgIpc) is 2.11. The minimum atomic E-state index is -0.741. The van der Waals surface area contributed by atoms with Crippen molar-refractivity contribution in [2.75, 3.05) is 14.2 Å². The third kappa shape index (κ3) is 6.27. The SMILES string of the molecule is COC([CH2][Hg][Br])C([CH2][Hg][Br])OC. The summed E-state index contributed by atoms with van der Waals surface area (Å²) in [4.78, 5) is 0. The quantitative estimate of drug-likeness (QED) is 0.387. The molecule has 0 heterocycles. The summed E-state index contributed by atoms with van der Waals surface area (Å²) < 4.78 is 13.3. The van der Waals surface area contributed by atoms with Crippen molar-refractivity contribution in [3.05, 3.63) is 0 Å².